The molecule has 0 aliphatic heterocycles. The van der Waals surface area contributed by atoms with Crippen LogP contribution in [0.2, 0.25) is 0 Å². The number of hydrogen-bond donors (Lipinski definition) is 0. The average molecular weight is 419 g/mol. The van der Waals surface area contributed by atoms with Crippen LogP contribution in [-0.4, -0.2) is 9.55 Å². The van der Waals surface area contributed by atoms with Crippen molar-refractivity contribution in [2.24, 2.45) is 0 Å². The highest BCUT2D eigenvalue weighted by molar-refractivity contribution is 14.1. The van der Waals surface area contributed by atoms with Crippen LogP contribution in [0.4, 0.5) is 8.78 Å². The molecular weight excluding hydrogens is 409 g/mol. The molecule has 3 aromatic rings. The van der Waals surface area contributed by atoms with Gasteiger partial charge in [0.15, 0.2) is 5.82 Å². The minimum atomic E-state index is -0.687. The number of imidazole rings is 1. The number of fused-ring (bicyclic) bond motifs is 1. The molecule has 0 saturated carbocycles. The molecule has 2 aromatic carbocycles. The molecule has 0 aliphatic carbocycles. The van der Waals surface area contributed by atoms with Crippen molar-refractivity contribution in [1.29, 1.82) is 0 Å². The van der Waals surface area contributed by atoms with E-state index in [1.165, 1.54) is 6.07 Å². The van der Waals surface area contributed by atoms with Crippen LogP contribution in [0.1, 0.15) is 18.1 Å². The first-order valence-corrected chi connectivity index (χ1v) is 7.77. The number of benzene rings is 2. The first-order chi connectivity index (χ1) is 9.99. The van der Waals surface area contributed by atoms with Gasteiger partial charge >= 0.3 is 0 Å². The molecular formula is C15H10ClF2IN2. The van der Waals surface area contributed by atoms with E-state index < -0.39 is 17.0 Å². The predicted molar refractivity (Wildman–Crippen MR) is 88.0 cm³/mol. The van der Waals surface area contributed by atoms with E-state index in [1.54, 1.807) is 11.5 Å². The minimum absolute atomic E-state index is 0.124. The predicted octanol–water partition coefficient (Wildman–Crippen LogP) is 5.21. The summed E-state index contributed by atoms with van der Waals surface area (Å²) in [5, 5.41) is -0.434. The Hall–Kier alpha value is -1.21. The molecule has 0 amide bonds. The molecule has 0 aliphatic rings. The Kier molecular flexibility index (Phi) is 3.88. The number of aromatic nitrogens is 2. The molecule has 0 radical (unpaired) electrons. The van der Waals surface area contributed by atoms with Gasteiger partial charge in [0.25, 0.3) is 0 Å². The summed E-state index contributed by atoms with van der Waals surface area (Å²) in [5.41, 5.74) is 1.30. The van der Waals surface area contributed by atoms with Crippen molar-refractivity contribution in [3.05, 3.63) is 57.4 Å². The van der Waals surface area contributed by atoms with Gasteiger partial charge in [0, 0.05) is 15.7 Å². The summed E-state index contributed by atoms with van der Waals surface area (Å²) < 4.78 is 30.2. The second-order valence-electron chi connectivity index (χ2n) is 4.63. The third-order valence-corrected chi connectivity index (χ3v) is 4.26. The Morgan fingerprint density at radius 3 is 2.62 bits per heavy atom. The molecule has 0 bridgehead atoms. The van der Waals surface area contributed by atoms with Crippen LogP contribution in [0.5, 0.6) is 0 Å². The normalized spacial score (nSPS) is 12.8. The Labute approximate surface area is 138 Å². The first-order valence-electron chi connectivity index (χ1n) is 6.25. The molecule has 2 nitrogen and oxygen atoms in total. The topological polar surface area (TPSA) is 17.8 Å². The monoisotopic (exact) mass is 418 g/mol. The molecule has 1 atom stereocenters. The van der Waals surface area contributed by atoms with Crippen molar-refractivity contribution in [2.75, 3.05) is 0 Å². The molecule has 1 heterocycles. The van der Waals surface area contributed by atoms with Crippen LogP contribution >= 0.6 is 34.2 Å². The summed E-state index contributed by atoms with van der Waals surface area (Å²) in [6.07, 6.45) is 0. The van der Waals surface area contributed by atoms with E-state index in [-0.39, 0.29) is 5.52 Å². The average Bonchev–Trinajstić information content (AvgIpc) is 2.79. The molecule has 0 saturated heterocycles. The molecule has 0 spiro atoms. The third-order valence-electron chi connectivity index (χ3n) is 3.15. The number of rotatable bonds is 2. The van der Waals surface area contributed by atoms with Gasteiger partial charge in [-0.2, -0.15) is 0 Å². The van der Waals surface area contributed by atoms with Crippen LogP contribution in [-0.2, 0) is 0 Å². The second-order valence-corrected chi connectivity index (χ2v) is 6.45. The number of alkyl halides is 1. The summed E-state index contributed by atoms with van der Waals surface area (Å²) in [4.78, 5) is 4.26. The Bertz CT molecular complexity index is 830. The van der Waals surface area contributed by atoms with Gasteiger partial charge in [0.05, 0.1) is 16.6 Å². The largest absolute Gasteiger partial charge is 0.294 e. The fraction of sp³-hybridized carbons (Fsp3) is 0.133. The van der Waals surface area contributed by atoms with Crippen molar-refractivity contribution >= 4 is 45.2 Å². The third kappa shape index (κ3) is 2.53. The SMILES string of the molecule is CC(Cl)c1nc2c(F)cc(F)cc2n1-c1ccccc1I. The van der Waals surface area contributed by atoms with Crippen molar-refractivity contribution < 1.29 is 8.78 Å². The zero-order chi connectivity index (χ0) is 15.1. The summed E-state index contributed by atoms with van der Waals surface area (Å²) in [7, 11) is 0. The summed E-state index contributed by atoms with van der Waals surface area (Å²) >= 11 is 8.34. The summed E-state index contributed by atoms with van der Waals surface area (Å²) in [5.74, 6) is -0.839. The van der Waals surface area contributed by atoms with E-state index >= 15 is 0 Å². The second kappa shape index (κ2) is 5.53. The lowest BCUT2D eigenvalue weighted by Crippen LogP contribution is -2.03. The molecule has 0 N–H and O–H groups in total. The molecule has 108 valence electrons. The van der Waals surface area contributed by atoms with Crippen molar-refractivity contribution in [3.8, 4) is 5.69 Å². The van der Waals surface area contributed by atoms with Crippen LogP contribution in [0, 0.1) is 15.2 Å². The fourth-order valence-electron chi connectivity index (χ4n) is 2.27. The van der Waals surface area contributed by atoms with E-state index in [2.05, 4.69) is 27.6 Å². The molecule has 1 aromatic heterocycles. The van der Waals surface area contributed by atoms with Crippen LogP contribution in [0.3, 0.4) is 0 Å². The molecule has 3 rings (SSSR count). The Morgan fingerprint density at radius 1 is 1.24 bits per heavy atom. The van der Waals surface area contributed by atoms with Gasteiger partial charge in [-0.1, -0.05) is 12.1 Å². The van der Waals surface area contributed by atoms with E-state index in [9.17, 15) is 8.78 Å². The molecule has 1 unspecified atom stereocenters. The van der Waals surface area contributed by atoms with Gasteiger partial charge in [-0.05, 0) is 41.6 Å². The lowest BCUT2D eigenvalue weighted by Gasteiger charge is -2.12. The van der Waals surface area contributed by atoms with Gasteiger partial charge < -0.3 is 0 Å². The highest BCUT2D eigenvalue weighted by atomic mass is 127. The van der Waals surface area contributed by atoms with Gasteiger partial charge in [-0.15, -0.1) is 11.6 Å². The smallest absolute Gasteiger partial charge is 0.153 e. The van der Waals surface area contributed by atoms with Crippen molar-refractivity contribution in [3.63, 3.8) is 0 Å². The minimum Gasteiger partial charge on any atom is -0.294 e. The lowest BCUT2D eigenvalue weighted by atomic mass is 10.2. The van der Waals surface area contributed by atoms with E-state index in [4.69, 9.17) is 11.6 Å². The number of halogens is 4. The summed E-state index contributed by atoms with van der Waals surface area (Å²) in [6.45, 7) is 1.75. The van der Waals surface area contributed by atoms with Crippen molar-refractivity contribution in [2.45, 2.75) is 12.3 Å². The molecule has 6 heteroatoms. The number of hydrogen-bond acceptors (Lipinski definition) is 1. The molecule has 21 heavy (non-hydrogen) atoms. The van der Waals surface area contributed by atoms with Crippen LogP contribution < -0.4 is 0 Å². The van der Waals surface area contributed by atoms with E-state index in [1.807, 2.05) is 24.3 Å². The zero-order valence-electron chi connectivity index (χ0n) is 10.9. The quantitative estimate of drug-likeness (QED) is 0.413. The van der Waals surface area contributed by atoms with Gasteiger partial charge in [-0.3, -0.25) is 4.57 Å². The first kappa shape index (κ1) is 14.7. The maximum absolute atomic E-state index is 14.0. The Morgan fingerprint density at radius 2 is 1.95 bits per heavy atom. The van der Waals surface area contributed by atoms with E-state index in [0.717, 1.165) is 15.3 Å². The lowest BCUT2D eigenvalue weighted by molar-refractivity contribution is 0.590. The van der Waals surface area contributed by atoms with E-state index in [0.29, 0.717) is 11.3 Å². The van der Waals surface area contributed by atoms with Gasteiger partial charge in [-0.25, -0.2) is 13.8 Å². The highest BCUT2D eigenvalue weighted by Gasteiger charge is 2.20. The highest BCUT2D eigenvalue weighted by Crippen LogP contribution is 2.31. The van der Waals surface area contributed by atoms with Crippen LogP contribution in [0.15, 0.2) is 36.4 Å². The maximum Gasteiger partial charge on any atom is 0.153 e. The maximum atomic E-state index is 14.0. The Balaban J connectivity index is 2.44. The number of para-hydroxylation sites is 1. The zero-order valence-corrected chi connectivity index (χ0v) is 13.9. The fourth-order valence-corrected chi connectivity index (χ4v) is 3.05. The molecule has 0 fully saturated rings. The summed E-state index contributed by atoms with van der Waals surface area (Å²) in [6, 6.07) is 9.65. The van der Waals surface area contributed by atoms with Crippen molar-refractivity contribution in [1.82, 2.24) is 9.55 Å². The number of nitrogens with zero attached hydrogens (tertiary/aromatic N) is 2. The standard InChI is InChI=1S/C15H10ClF2IN2/c1-8(16)15-20-14-10(18)6-9(17)7-13(14)21(15)12-5-3-2-4-11(12)19/h2-8H,1H3. The van der Waals surface area contributed by atoms with Gasteiger partial charge in [0.2, 0.25) is 0 Å². The van der Waals surface area contributed by atoms with Crippen LogP contribution in [0.25, 0.3) is 16.7 Å². The van der Waals surface area contributed by atoms with Gasteiger partial charge in [0.1, 0.15) is 17.2 Å².